The molecule has 0 spiro atoms. The van der Waals surface area contributed by atoms with E-state index in [1.54, 1.807) is 18.2 Å². The van der Waals surface area contributed by atoms with Crippen molar-refractivity contribution in [2.75, 3.05) is 14.2 Å². The molecule has 0 aliphatic heterocycles. The minimum Gasteiger partial charge on any atom is -0.496 e. The highest BCUT2D eigenvalue weighted by atomic mass is 32.1. The van der Waals surface area contributed by atoms with Crippen molar-refractivity contribution in [3.05, 3.63) is 47.2 Å². The summed E-state index contributed by atoms with van der Waals surface area (Å²) >= 11 is 1.54. The van der Waals surface area contributed by atoms with Crippen LogP contribution in [0.3, 0.4) is 0 Å². The predicted molar refractivity (Wildman–Crippen MR) is 80.6 cm³/mol. The monoisotopic (exact) mass is 302 g/mol. The van der Waals surface area contributed by atoms with Crippen molar-refractivity contribution < 1.29 is 14.3 Å². The van der Waals surface area contributed by atoms with Gasteiger partial charge in [0.25, 0.3) is 0 Å². The zero-order valence-electron chi connectivity index (χ0n) is 11.7. The molecule has 0 amide bonds. The molecule has 1 aromatic carbocycles. The molecule has 0 N–H and O–H groups in total. The molecule has 0 aliphatic rings. The lowest BCUT2D eigenvalue weighted by molar-refractivity contribution is 0.0986. The molecule has 6 heteroatoms. The Balaban J connectivity index is 1.93. The number of ketones is 1. The van der Waals surface area contributed by atoms with Gasteiger partial charge in [-0.25, -0.2) is 4.98 Å². The van der Waals surface area contributed by atoms with Crippen LogP contribution in [0.5, 0.6) is 11.5 Å². The molecule has 5 nitrogen and oxygen atoms in total. The Morgan fingerprint density at radius 3 is 2.62 bits per heavy atom. The van der Waals surface area contributed by atoms with Gasteiger partial charge in [-0.1, -0.05) is 6.07 Å². The summed E-state index contributed by atoms with van der Waals surface area (Å²) in [5.74, 6) is 0.954. The summed E-state index contributed by atoms with van der Waals surface area (Å²) < 4.78 is 12.4. The van der Waals surface area contributed by atoms with Crippen LogP contribution in [-0.2, 0) is 6.42 Å². The van der Waals surface area contributed by atoms with Gasteiger partial charge in [0.15, 0.2) is 10.7 Å². The molecular formula is C15H14N2O3S. The summed E-state index contributed by atoms with van der Waals surface area (Å²) in [6, 6.07) is 5.30. The Labute approximate surface area is 125 Å². The first-order valence-electron chi connectivity index (χ1n) is 6.38. The molecule has 0 atom stereocenters. The van der Waals surface area contributed by atoms with Crippen LogP contribution < -0.4 is 9.47 Å². The Hall–Kier alpha value is -2.34. The van der Waals surface area contributed by atoms with Gasteiger partial charge in [0.2, 0.25) is 0 Å². The largest absolute Gasteiger partial charge is 0.496 e. The molecule has 0 fully saturated rings. The third kappa shape index (κ3) is 2.50. The minimum absolute atomic E-state index is 0.0740. The zero-order valence-corrected chi connectivity index (χ0v) is 12.5. The van der Waals surface area contributed by atoms with Gasteiger partial charge in [-0.05, 0) is 12.1 Å². The first-order chi connectivity index (χ1) is 10.2. The third-order valence-corrected chi connectivity index (χ3v) is 3.96. The quantitative estimate of drug-likeness (QED) is 0.680. The van der Waals surface area contributed by atoms with Crippen LogP contribution in [0.2, 0.25) is 0 Å². The van der Waals surface area contributed by atoms with Gasteiger partial charge in [-0.2, -0.15) is 0 Å². The number of carbonyl (C=O) groups excluding carboxylic acids is 1. The fourth-order valence-electron chi connectivity index (χ4n) is 2.24. The highest BCUT2D eigenvalue weighted by Crippen LogP contribution is 2.29. The number of hydrogen-bond donors (Lipinski definition) is 0. The van der Waals surface area contributed by atoms with E-state index in [0.717, 1.165) is 10.7 Å². The number of Topliss-reactive ketones (excluding diaryl/α,β-unsaturated/α-hetero) is 1. The molecule has 2 aromatic heterocycles. The van der Waals surface area contributed by atoms with Gasteiger partial charge in [-0.15, -0.1) is 11.3 Å². The van der Waals surface area contributed by atoms with Gasteiger partial charge < -0.3 is 9.47 Å². The summed E-state index contributed by atoms with van der Waals surface area (Å²) in [5, 5.41) is 1.96. The number of carbonyl (C=O) groups is 1. The van der Waals surface area contributed by atoms with Gasteiger partial charge in [0.05, 0.1) is 26.3 Å². The van der Waals surface area contributed by atoms with Crippen LogP contribution in [-0.4, -0.2) is 29.4 Å². The molecule has 21 heavy (non-hydrogen) atoms. The lowest BCUT2D eigenvalue weighted by Crippen LogP contribution is -2.08. The maximum atomic E-state index is 12.6. The van der Waals surface area contributed by atoms with Crippen molar-refractivity contribution >= 4 is 22.1 Å². The van der Waals surface area contributed by atoms with Crippen molar-refractivity contribution in [1.82, 2.24) is 9.38 Å². The number of imidazole rings is 1. The van der Waals surface area contributed by atoms with Gasteiger partial charge >= 0.3 is 0 Å². The standard InChI is InChI=1S/C15H14N2O3S/c1-19-12-4-3-5-13(20-2)14(12)11(18)8-10-9-17-6-7-21-15(17)16-10/h3-7,9H,8H2,1-2H3. The molecule has 0 bridgehead atoms. The number of benzene rings is 1. The summed E-state index contributed by atoms with van der Waals surface area (Å²) in [4.78, 5) is 17.9. The van der Waals surface area contributed by atoms with E-state index in [1.807, 2.05) is 22.2 Å². The van der Waals surface area contributed by atoms with E-state index in [9.17, 15) is 4.79 Å². The van der Waals surface area contributed by atoms with E-state index < -0.39 is 0 Å². The molecule has 0 unspecified atom stereocenters. The van der Waals surface area contributed by atoms with E-state index >= 15 is 0 Å². The van der Waals surface area contributed by atoms with Crippen LogP contribution in [0, 0.1) is 0 Å². The topological polar surface area (TPSA) is 52.8 Å². The molecule has 3 rings (SSSR count). The zero-order chi connectivity index (χ0) is 14.8. The molecule has 108 valence electrons. The lowest BCUT2D eigenvalue weighted by Gasteiger charge is -2.11. The molecule has 0 aliphatic carbocycles. The average molecular weight is 302 g/mol. The first-order valence-corrected chi connectivity index (χ1v) is 7.26. The van der Waals surface area contributed by atoms with Crippen LogP contribution in [0.1, 0.15) is 16.1 Å². The maximum absolute atomic E-state index is 12.6. The van der Waals surface area contributed by atoms with Crippen LogP contribution in [0.15, 0.2) is 36.0 Å². The van der Waals surface area contributed by atoms with Crippen LogP contribution in [0.4, 0.5) is 0 Å². The number of ether oxygens (including phenoxy) is 2. The number of fused-ring (bicyclic) bond motifs is 1. The van der Waals surface area contributed by atoms with Crippen molar-refractivity contribution in [1.29, 1.82) is 0 Å². The SMILES string of the molecule is COc1cccc(OC)c1C(=O)Cc1cn2ccsc2n1. The Morgan fingerprint density at radius 1 is 1.29 bits per heavy atom. The summed E-state index contributed by atoms with van der Waals surface area (Å²) in [6.07, 6.45) is 4.00. The van der Waals surface area contributed by atoms with E-state index in [-0.39, 0.29) is 12.2 Å². The van der Waals surface area contributed by atoms with E-state index in [1.165, 1.54) is 25.6 Å². The van der Waals surface area contributed by atoms with Gasteiger partial charge in [-0.3, -0.25) is 9.20 Å². The number of aromatic nitrogens is 2. The molecule has 3 aromatic rings. The molecular weight excluding hydrogens is 288 g/mol. The van der Waals surface area contributed by atoms with E-state index in [0.29, 0.717) is 17.1 Å². The van der Waals surface area contributed by atoms with Crippen molar-refractivity contribution in [3.8, 4) is 11.5 Å². The van der Waals surface area contributed by atoms with Crippen LogP contribution in [0.25, 0.3) is 4.96 Å². The Morgan fingerprint density at radius 2 is 2.00 bits per heavy atom. The normalized spacial score (nSPS) is 10.8. The number of methoxy groups -OCH3 is 2. The van der Waals surface area contributed by atoms with Crippen molar-refractivity contribution in [2.24, 2.45) is 0 Å². The second-order valence-corrected chi connectivity index (χ2v) is 5.34. The fraction of sp³-hybridized carbons (Fsp3) is 0.200. The fourth-order valence-corrected chi connectivity index (χ4v) is 2.96. The molecule has 0 saturated carbocycles. The molecule has 2 heterocycles. The highest BCUT2D eigenvalue weighted by molar-refractivity contribution is 7.15. The number of thiazole rings is 1. The summed E-state index contributed by atoms with van der Waals surface area (Å²) in [6.45, 7) is 0. The average Bonchev–Trinajstić information content (AvgIpc) is 3.07. The van der Waals surface area contributed by atoms with Crippen molar-refractivity contribution in [3.63, 3.8) is 0 Å². The van der Waals surface area contributed by atoms with Gasteiger partial charge in [0.1, 0.15) is 17.1 Å². The van der Waals surface area contributed by atoms with Gasteiger partial charge in [0, 0.05) is 17.8 Å². The number of hydrogen-bond acceptors (Lipinski definition) is 5. The number of nitrogens with zero attached hydrogens (tertiary/aromatic N) is 2. The third-order valence-electron chi connectivity index (χ3n) is 3.19. The van der Waals surface area contributed by atoms with E-state index in [4.69, 9.17) is 9.47 Å². The maximum Gasteiger partial charge on any atom is 0.193 e. The molecule has 0 radical (unpaired) electrons. The minimum atomic E-state index is -0.0740. The van der Waals surface area contributed by atoms with Crippen LogP contribution >= 0.6 is 11.3 Å². The van der Waals surface area contributed by atoms with Crippen molar-refractivity contribution in [2.45, 2.75) is 6.42 Å². The van der Waals surface area contributed by atoms with E-state index in [2.05, 4.69) is 4.98 Å². The molecule has 0 saturated heterocycles. The first kappa shape index (κ1) is 13.6. The second-order valence-electron chi connectivity index (χ2n) is 4.46. The highest BCUT2D eigenvalue weighted by Gasteiger charge is 2.19. The summed E-state index contributed by atoms with van der Waals surface area (Å²) in [7, 11) is 3.08. The number of rotatable bonds is 5. The second kappa shape index (κ2) is 5.57. The Kier molecular flexibility index (Phi) is 3.62. The lowest BCUT2D eigenvalue weighted by atomic mass is 10.0. The summed E-state index contributed by atoms with van der Waals surface area (Å²) in [5.41, 5.74) is 1.19. The Bertz CT molecular complexity index is 740. The predicted octanol–water partition coefficient (Wildman–Crippen LogP) is 2.84. The smallest absolute Gasteiger partial charge is 0.193 e.